The fourth-order valence-corrected chi connectivity index (χ4v) is 1.46. The molecule has 1 aromatic rings. The van der Waals surface area contributed by atoms with Crippen LogP contribution in [0.4, 0.5) is 0 Å². The lowest BCUT2D eigenvalue weighted by Crippen LogP contribution is -2.03. The van der Waals surface area contributed by atoms with Gasteiger partial charge in [-0.25, -0.2) is 0 Å². The lowest BCUT2D eigenvalue weighted by atomic mass is 10.1. The predicted octanol–water partition coefficient (Wildman–Crippen LogP) is 2.27. The van der Waals surface area contributed by atoms with Crippen molar-refractivity contribution < 1.29 is 1.43 Å². The average Bonchev–Trinajstić information content (AvgIpc) is 2.58. The van der Waals surface area contributed by atoms with E-state index in [9.17, 15) is 0 Å². The standard InChI is InChI=1S/C13H14N2/c14-10-11-5-7-12(8-6-11)13-4-2-1-3-9-15-13/h1-9,15H,10,14H2/p+1. The lowest BCUT2D eigenvalue weighted by Gasteiger charge is -2.06. The molecule has 1 heterocycles. The SMILES string of the molecule is NCc1ccc(C2=CC=CC=CN2)cc1.[H+]. The Morgan fingerprint density at radius 3 is 2.60 bits per heavy atom. The lowest BCUT2D eigenvalue weighted by molar-refractivity contribution is 1.07. The predicted molar refractivity (Wildman–Crippen MR) is 64.8 cm³/mol. The second kappa shape index (κ2) is 4.62. The molecule has 0 fully saturated rings. The van der Waals surface area contributed by atoms with Gasteiger partial charge < -0.3 is 11.1 Å². The summed E-state index contributed by atoms with van der Waals surface area (Å²) in [6.45, 7) is 0.590. The Morgan fingerprint density at radius 1 is 1.07 bits per heavy atom. The van der Waals surface area contributed by atoms with Gasteiger partial charge in [0.05, 0.1) is 0 Å². The van der Waals surface area contributed by atoms with Gasteiger partial charge in [-0.1, -0.05) is 36.4 Å². The molecule has 0 aromatic heterocycles. The number of hydrogen-bond acceptors (Lipinski definition) is 2. The van der Waals surface area contributed by atoms with E-state index in [0.29, 0.717) is 6.54 Å². The Hall–Kier alpha value is -1.80. The van der Waals surface area contributed by atoms with Crippen LogP contribution in [0.1, 0.15) is 12.6 Å². The van der Waals surface area contributed by atoms with Crippen LogP contribution >= 0.6 is 0 Å². The first-order valence-corrected chi connectivity index (χ1v) is 4.99. The molecule has 0 bridgehead atoms. The number of hydrogen-bond donors (Lipinski definition) is 2. The zero-order valence-electron chi connectivity index (χ0n) is 9.48. The molecule has 2 rings (SSSR count). The van der Waals surface area contributed by atoms with Crippen LogP contribution in [0.2, 0.25) is 0 Å². The van der Waals surface area contributed by atoms with Gasteiger partial charge in [0, 0.05) is 18.4 Å². The summed E-state index contributed by atoms with van der Waals surface area (Å²) in [5, 5.41) is 3.22. The van der Waals surface area contributed by atoms with Crippen LogP contribution in [0.3, 0.4) is 0 Å². The van der Waals surface area contributed by atoms with E-state index >= 15 is 0 Å². The van der Waals surface area contributed by atoms with Gasteiger partial charge in [-0.3, -0.25) is 0 Å². The van der Waals surface area contributed by atoms with Crippen LogP contribution in [0.25, 0.3) is 5.70 Å². The minimum absolute atomic E-state index is 0. The van der Waals surface area contributed by atoms with Crippen molar-refractivity contribution in [3.8, 4) is 0 Å². The minimum atomic E-state index is 0. The van der Waals surface area contributed by atoms with Gasteiger partial charge in [0.25, 0.3) is 0 Å². The van der Waals surface area contributed by atoms with Gasteiger partial charge in [-0.15, -0.1) is 0 Å². The molecule has 15 heavy (non-hydrogen) atoms. The first kappa shape index (κ1) is 9.74. The van der Waals surface area contributed by atoms with Gasteiger partial charge in [-0.2, -0.15) is 0 Å². The fraction of sp³-hybridized carbons (Fsp3) is 0.0769. The molecule has 0 aliphatic carbocycles. The molecule has 0 saturated carbocycles. The Balaban J connectivity index is 0.00000128. The molecular formula is C13H15N2+. The molecular weight excluding hydrogens is 184 g/mol. The zero-order valence-corrected chi connectivity index (χ0v) is 8.48. The Morgan fingerprint density at radius 2 is 1.87 bits per heavy atom. The molecule has 1 aromatic carbocycles. The van der Waals surface area contributed by atoms with Crippen molar-refractivity contribution in [2.24, 2.45) is 5.73 Å². The Bertz CT molecular complexity index is 416. The third-order valence-corrected chi connectivity index (χ3v) is 2.32. The van der Waals surface area contributed by atoms with Gasteiger partial charge in [0.1, 0.15) is 0 Å². The molecule has 0 unspecified atom stereocenters. The monoisotopic (exact) mass is 199 g/mol. The molecule has 3 N–H and O–H groups in total. The number of nitrogens with two attached hydrogens (primary N) is 1. The number of nitrogens with one attached hydrogen (secondary N) is 1. The summed E-state index contributed by atoms with van der Waals surface area (Å²) in [7, 11) is 0. The molecule has 1 aliphatic heterocycles. The highest BCUT2D eigenvalue weighted by Crippen LogP contribution is 2.14. The molecule has 0 saturated heterocycles. The van der Waals surface area contributed by atoms with Crippen LogP contribution < -0.4 is 11.1 Å². The van der Waals surface area contributed by atoms with Crippen molar-refractivity contribution in [3.05, 3.63) is 65.9 Å². The molecule has 2 heteroatoms. The summed E-state index contributed by atoms with van der Waals surface area (Å²) < 4.78 is 0. The molecule has 0 spiro atoms. The van der Waals surface area contributed by atoms with E-state index in [0.717, 1.165) is 11.3 Å². The first-order chi connectivity index (χ1) is 7.40. The number of allylic oxidation sites excluding steroid dienone is 4. The third-order valence-electron chi connectivity index (χ3n) is 2.32. The van der Waals surface area contributed by atoms with Gasteiger partial charge in [-0.05, 0) is 23.3 Å². The second-order valence-corrected chi connectivity index (χ2v) is 3.37. The summed E-state index contributed by atoms with van der Waals surface area (Å²) in [5.74, 6) is 0. The minimum Gasteiger partial charge on any atom is -0.361 e. The van der Waals surface area contributed by atoms with Gasteiger partial charge in [0.15, 0.2) is 0 Å². The molecule has 0 radical (unpaired) electrons. The maximum Gasteiger partial charge on any atom is 1.00 e. The smallest absolute Gasteiger partial charge is 0.361 e. The summed E-state index contributed by atoms with van der Waals surface area (Å²) >= 11 is 0. The quantitative estimate of drug-likeness (QED) is 0.766. The van der Waals surface area contributed by atoms with E-state index in [1.807, 2.05) is 24.4 Å². The van der Waals surface area contributed by atoms with Crippen molar-refractivity contribution in [2.45, 2.75) is 6.54 Å². The fourth-order valence-electron chi connectivity index (χ4n) is 1.46. The zero-order chi connectivity index (χ0) is 10.5. The van der Waals surface area contributed by atoms with E-state index in [1.54, 1.807) is 0 Å². The normalized spacial score (nSPS) is 14.3. The van der Waals surface area contributed by atoms with E-state index in [4.69, 9.17) is 5.73 Å². The van der Waals surface area contributed by atoms with Crippen molar-refractivity contribution in [1.29, 1.82) is 0 Å². The summed E-state index contributed by atoms with van der Waals surface area (Å²) in [5.41, 5.74) is 8.97. The Labute approximate surface area is 91.3 Å². The van der Waals surface area contributed by atoms with Crippen LogP contribution in [0.15, 0.2) is 54.8 Å². The van der Waals surface area contributed by atoms with E-state index < -0.39 is 0 Å². The summed E-state index contributed by atoms with van der Waals surface area (Å²) in [6, 6.07) is 8.26. The first-order valence-electron chi connectivity index (χ1n) is 4.99. The second-order valence-electron chi connectivity index (χ2n) is 3.37. The van der Waals surface area contributed by atoms with Gasteiger partial charge >= 0.3 is 1.43 Å². The highest BCUT2D eigenvalue weighted by Gasteiger charge is 1.99. The molecule has 2 nitrogen and oxygen atoms in total. The third kappa shape index (κ3) is 2.36. The Kier molecular flexibility index (Phi) is 3.00. The van der Waals surface area contributed by atoms with Gasteiger partial charge in [0.2, 0.25) is 0 Å². The molecule has 0 amide bonds. The number of rotatable bonds is 2. The summed E-state index contributed by atoms with van der Waals surface area (Å²) in [6.07, 6.45) is 9.96. The van der Waals surface area contributed by atoms with E-state index in [2.05, 4.69) is 35.7 Å². The topological polar surface area (TPSA) is 38.0 Å². The molecule has 1 aliphatic rings. The highest BCUT2D eigenvalue weighted by atomic mass is 14.8. The maximum atomic E-state index is 5.55. The summed E-state index contributed by atoms with van der Waals surface area (Å²) in [4.78, 5) is 0. The maximum absolute atomic E-state index is 5.55. The van der Waals surface area contributed by atoms with Crippen LogP contribution in [0, 0.1) is 0 Å². The van der Waals surface area contributed by atoms with Crippen LogP contribution in [-0.4, -0.2) is 0 Å². The van der Waals surface area contributed by atoms with Crippen molar-refractivity contribution in [1.82, 2.24) is 5.32 Å². The highest BCUT2D eigenvalue weighted by molar-refractivity contribution is 5.67. The largest absolute Gasteiger partial charge is 1.00 e. The molecule has 76 valence electrons. The van der Waals surface area contributed by atoms with Crippen molar-refractivity contribution in [2.75, 3.05) is 0 Å². The van der Waals surface area contributed by atoms with E-state index in [1.165, 1.54) is 5.56 Å². The van der Waals surface area contributed by atoms with Crippen molar-refractivity contribution in [3.63, 3.8) is 0 Å². The van der Waals surface area contributed by atoms with Crippen LogP contribution in [0.5, 0.6) is 0 Å². The average molecular weight is 199 g/mol. The van der Waals surface area contributed by atoms with Crippen LogP contribution in [-0.2, 0) is 6.54 Å². The van der Waals surface area contributed by atoms with E-state index in [-0.39, 0.29) is 1.43 Å². The molecule has 0 atom stereocenters. The number of benzene rings is 1. The van der Waals surface area contributed by atoms with Crippen molar-refractivity contribution >= 4 is 5.70 Å².